The van der Waals surface area contributed by atoms with E-state index in [1.54, 1.807) is 6.92 Å². The minimum atomic E-state index is -1.25. The smallest absolute Gasteiger partial charge is 0.315 e. The van der Waals surface area contributed by atoms with E-state index in [1.165, 1.54) is 25.3 Å². The number of rotatable bonds is 4. The fraction of sp³-hybridized carbons (Fsp3) is 0.438. The van der Waals surface area contributed by atoms with Gasteiger partial charge >= 0.3 is 5.97 Å². The monoisotopic (exact) mass is 353 g/mol. The van der Waals surface area contributed by atoms with Crippen LogP contribution in [0.15, 0.2) is 18.2 Å². The van der Waals surface area contributed by atoms with Crippen molar-refractivity contribution in [3.8, 4) is 0 Å². The van der Waals surface area contributed by atoms with Crippen LogP contribution in [0.2, 0.25) is 5.02 Å². The number of ether oxygens (including phenoxy) is 3. The Kier molecular flexibility index (Phi) is 4.33. The number of carbonyl (C=O) groups excluding carboxylic acids is 3. The highest BCUT2D eigenvalue weighted by molar-refractivity contribution is 6.32. The predicted octanol–water partition coefficient (Wildman–Crippen LogP) is 1.49. The number of nitrogens with zero attached hydrogens (tertiary/aromatic N) is 1. The standard InChI is InChI=1S/C16H16ClNO6/c1-16(23-5-6-24-16)12(15(21)22-2)8-18-13(19)10-4-3-9(17)7-11(10)14(18)20/h3-4,7,12H,5-6,8H2,1-2H3. The quantitative estimate of drug-likeness (QED) is 0.602. The number of fused-ring (bicyclic) bond motifs is 1. The fourth-order valence-electron chi connectivity index (χ4n) is 2.94. The fourth-order valence-corrected chi connectivity index (χ4v) is 3.11. The number of halogens is 1. The molecule has 0 saturated carbocycles. The first-order chi connectivity index (χ1) is 11.4. The molecule has 0 aliphatic carbocycles. The van der Waals surface area contributed by atoms with Crippen molar-refractivity contribution in [2.45, 2.75) is 12.7 Å². The van der Waals surface area contributed by atoms with Gasteiger partial charge in [-0.3, -0.25) is 19.3 Å². The van der Waals surface area contributed by atoms with E-state index in [4.69, 9.17) is 25.8 Å². The highest BCUT2D eigenvalue weighted by Crippen LogP contribution is 2.33. The third-order valence-corrected chi connectivity index (χ3v) is 4.51. The SMILES string of the molecule is COC(=O)C(CN1C(=O)c2ccc(Cl)cc2C1=O)C1(C)OCCO1. The molecule has 1 aromatic carbocycles. The molecule has 1 saturated heterocycles. The van der Waals surface area contributed by atoms with Crippen LogP contribution >= 0.6 is 11.6 Å². The van der Waals surface area contributed by atoms with E-state index in [-0.39, 0.29) is 17.7 Å². The van der Waals surface area contributed by atoms with Crippen LogP contribution in [0.3, 0.4) is 0 Å². The number of carbonyl (C=O) groups is 3. The minimum Gasteiger partial charge on any atom is -0.469 e. The molecule has 1 fully saturated rings. The molecule has 24 heavy (non-hydrogen) atoms. The largest absolute Gasteiger partial charge is 0.469 e. The summed E-state index contributed by atoms with van der Waals surface area (Å²) < 4.78 is 15.8. The van der Waals surface area contributed by atoms with Crippen molar-refractivity contribution in [1.82, 2.24) is 4.90 Å². The van der Waals surface area contributed by atoms with E-state index in [0.717, 1.165) is 4.90 Å². The summed E-state index contributed by atoms with van der Waals surface area (Å²) in [6, 6.07) is 4.47. The van der Waals surface area contributed by atoms with Gasteiger partial charge in [-0.15, -0.1) is 0 Å². The van der Waals surface area contributed by atoms with E-state index in [2.05, 4.69) is 0 Å². The lowest BCUT2D eigenvalue weighted by Crippen LogP contribution is -2.49. The number of hydrogen-bond acceptors (Lipinski definition) is 6. The van der Waals surface area contributed by atoms with Crippen LogP contribution in [0.5, 0.6) is 0 Å². The average Bonchev–Trinajstić information content (AvgIpc) is 3.09. The summed E-state index contributed by atoms with van der Waals surface area (Å²) in [7, 11) is 1.23. The Balaban J connectivity index is 1.90. The maximum Gasteiger partial charge on any atom is 0.315 e. The summed E-state index contributed by atoms with van der Waals surface area (Å²) >= 11 is 5.89. The van der Waals surface area contributed by atoms with Crippen LogP contribution < -0.4 is 0 Å². The second kappa shape index (κ2) is 6.16. The maximum absolute atomic E-state index is 12.5. The minimum absolute atomic E-state index is 0.201. The van der Waals surface area contributed by atoms with Crippen LogP contribution in [0.1, 0.15) is 27.6 Å². The van der Waals surface area contributed by atoms with Gasteiger partial charge in [-0.1, -0.05) is 11.6 Å². The Morgan fingerprint density at radius 2 is 1.92 bits per heavy atom. The molecule has 2 heterocycles. The van der Waals surface area contributed by atoms with Gasteiger partial charge in [0.1, 0.15) is 5.92 Å². The molecule has 2 aliphatic heterocycles. The molecular weight excluding hydrogens is 338 g/mol. The lowest BCUT2D eigenvalue weighted by Gasteiger charge is -2.32. The van der Waals surface area contributed by atoms with Crippen molar-refractivity contribution in [3.05, 3.63) is 34.3 Å². The first-order valence-electron chi connectivity index (χ1n) is 7.39. The first-order valence-corrected chi connectivity index (χ1v) is 7.76. The molecule has 1 atom stereocenters. The summed E-state index contributed by atoms with van der Waals surface area (Å²) in [5.74, 6) is -3.81. The Labute approximate surface area is 143 Å². The summed E-state index contributed by atoms with van der Waals surface area (Å²) in [5, 5.41) is 0.357. The topological polar surface area (TPSA) is 82.1 Å². The number of hydrogen-bond donors (Lipinski definition) is 0. The Morgan fingerprint density at radius 3 is 2.54 bits per heavy atom. The van der Waals surface area contributed by atoms with Crippen LogP contribution in [0, 0.1) is 5.92 Å². The molecule has 2 amide bonds. The van der Waals surface area contributed by atoms with Gasteiger partial charge in [0.15, 0.2) is 5.79 Å². The van der Waals surface area contributed by atoms with Crippen molar-refractivity contribution >= 4 is 29.4 Å². The second-order valence-corrected chi connectivity index (χ2v) is 6.14. The molecule has 2 aliphatic rings. The maximum atomic E-state index is 12.5. The van der Waals surface area contributed by atoms with Crippen molar-refractivity contribution in [1.29, 1.82) is 0 Å². The van der Waals surface area contributed by atoms with E-state index in [0.29, 0.717) is 18.2 Å². The second-order valence-electron chi connectivity index (χ2n) is 5.70. The van der Waals surface area contributed by atoms with Gasteiger partial charge in [0.25, 0.3) is 11.8 Å². The number of benzene rings is 1. The van der Waals surface area contributed by atoms with E-state index >= 15 is 0 Å². The van der Waals surface area contributed by atoms with Crippen molar-refractivity contribution in [2.24, 2.45) is 5.92 Å². The molecule has 128 valence electrons. The summed E-state index contributed by atoms with van der Waals surface area (Å²) in [6.07, 6.45) is 0. The summed E-state index contributed by atoms with van der Waals surface area (Å²) in [6.45, 7) is 2.03. The average molecular weight is 354 g/mol. The van der Waals surface area contributed by atoms with Crippen LogP contribution in [0.25, 0.3) is 0 Å². The normalized spacial score (nSPS) is 20.2. The van der Waals surface area contributed by atoms with Gasteiger partial charge in [-0.2, -0.15) is 0 Å². The zero-order chi connectivity index (χ0) is 17.5. The Hall–Kier alpha value is -1.96. The van der Waals surface area contributed by atoms with E-state index in [9.17, 15) is 14.4 Å². The highest BCUT2D eigenvalue weighted by atomic mass is 35.5. The molecule has 7 nitrogen and oxygen atoms in total. The third kappa shape index (κ3) is 2.68. The molecule has 1 aromatic rings. The lowest BCUT2D eigenvalue weighted by atomic mass is 9.99. The first kappa shape index (κ1) is 16.9. The summed E-state index contributed by atoms with van der Waals surface area (Å²) in [5.41, 5.74) is 0.473. The van der Waals surface area contributed by atoms with Gasteiger partial charge in [0.05, 0.1) is 31.5 Å². The van der Waals surface area contributed by atoms with Crippen LogP contribution in [-0.2, 0) is 19.0 Å². The zero-order valence-electron chi connectivity index (χ0n) is 13.2. The van der Waals surface area contributed by atoms with E-state index in [1.807, 2.05) is 0 Å². The molecule has 0 aromatic heterocycles. The molecule has 0 bridgehead atoms. The van der Waals surface area contributed by atoms with E-state index < -0.39 is 29.5 Å². The predicted molar refractivity (Wildman–Crippen MR) is 82.6 cm³/mol. The number of methoxy groups -OCH3 is 1. The highest BCUT2D eigenvalue weighted by Gasteiger charge is 2.49. The van der Waals surface area contributed by atoms with Gasteiger partial charge in [0.2, 0.25) is 0 Å². The number of amides is 2. The van der Waals surface area contributed by atoms with Crippen molar-refractivity contribution in [2.75, 3.05) is 26.9 Å². The Bertz CT molecular complexity index is 713. The molecule has 0 N–H and O–H groups in total. The zero-order valence-corrected chi connectivity index (χ0v) is 14.0. The molecule has 8 heteroatoms. The molecule has 3 rings (SSSR count). The molecular formula is C16H16ClNO6. The van der Waals surface area contributed by atoms with Gasteiger partial charge in [0, 0.05) is 11.6 Å². The summed E-state index contributed by atoms with van der Waals surface area (Å²) in [4.78, 5) is 38.2. The number of esters is 1. The van der Waals surface area contributed by atoms with Gasteiger partial charge in [-0.25, -0.2) is 0 Å². The van der Waals surface area contributed by atoms with Crippen LogP contribution in [0.4, 0.5) is 0 Å². The van der Waals surface area contributed by atoms with Crippen molar-refractivity contribution in [3.63, 3.8) is 0 Å². The number of imide groups is 1. The lowest BCUT2D eigenvalue weighted by molar-refractivity contribution is -0.199. The molecule has 0 spiro atoms. The third-order valence-electron chi connectivity index (χ3n) is 4.28. The molecule has 1 unspecified atom stereocenters. The van der Waals surface area contributed by atoms with Gasteiger partial charge in [-0.05, 0) is 25.1 Å². The van der Waals surface area contributed by atoms with Gasteiger partial charge < -0.3 is 14.2 Å². The van der Waals surface area contributed by atoms with Crippen LogP contribution in [-0.4, -0.2) is 55.3 Å². The molecule has 0 radical (unpaired) electrons. The Morgan fingerprint density at radius 1 is 1.29 bits per heavy atom. The van der Waals surface area contributed by atoms with Crippen molar-refractivity contribution < 1.29 is 28.6 Å².